The molecule has 96 valence electrons. The zero-order valence-corrected chi connectivity index (χ0v) is 9.57. The Kier molecular flexibility index (Phi) is 3.38. The van der Waals surface area contributed by atoms with Gasteiger partial charge < -0.3 is 16.0 Å². The molecule has 0 saturated carbocycles. The lowest BCUT2D eigenvalue weighted by Gasteiger charge is -2.34. The van der Waals surface area contributed by atoms with E-state index in [0.29, 0.717) is 25.5 Å². The standard InChI is InChI=1S/C10H13N5O3/c11-10(16)8-6-12-3-4-14(8)9-2-1-7(5-13-9)15(17)18/h1-2,5,8,12H,3-4,6H2,(H2,11,16). The van der Waals surface area contributed by atoms with Gasteiger partial charge in [-0.25, -0.2) is 4.98 Å². The zero-order chi connectivity index (χ0) is 13.1. The van der Waals surface area contributed by atoms with E-state index in [1.54, 1.807) is 4.90 Å². The molecular formula is C10H13N5O3. The van der Waals surface area contributed by atoms with Crippen molar-refractivity contribution >= 4 is 17.4 Å². The topological polar surface area (TPSA) is 114 Å². The normalized spacial score (nSPS) is 19.6. The minimum Gasteiger partial charge on any atom is -0.368 e. The highest BCUT2D eigenvalue weighted by molar-refractivity contribution is 5.83. The Morgan fingerprint density at radius 3 is 2.94 bits per heavy atom. The molecule has 1 aliphatic heterocycles. The third-order valence-corrected chi connectivity index (χ3v) is 2.81. The molecule has 0 spiro atoms. The molecule has 3 N–H and O–H groups in total. The number of aromatic nitrogens is 1. The molecule has 8 nitrogen and oxygen atoms in total. The highest BCUT2D eigenvalue weighted by atomic mass is 16.6. The van der Waals surface area contributed by atoms with Crippen molar-refractivity contribution in [3.8, 4) is 0 Å². The fourth-order valence-electron chi connectivity index (χ4n) is 1.89. The highest BCUT2D eigenvalue weighted by Crippen LogP contribution is 2.18. The molecule has 2 heterocycles. The van der Waals surface area contributed by atoms with Crippen molar-refractivity contribution in [3.05, 3.63) is 28.4 Å². The fraction of sp³-hybridized carbons (Fsp3) is 0.400. The summed E-state index contributed by atoms with van der Waals surface area (Å²) >= 11 is 0. The first-order valence-electron chi connectivity index (χ1n) is 5.46. The van der Waals surface area contributed by atoms with Crippen molar-refractivity contribution < 1.29 is 9.72 Å². The minimum atomic E-state index is -0.514. The van der Waals surface area contributed by atoms with Crippen LogP contribution in [0.5, 0.6) is 0 Å². The number of pyridine rings is 1. The van der Waals surface area contributed by atoms with Gasteiger partial charge >= 0.3 is 0 Å². The number of primary amides is 1. The molecule has 1 aliphatic rings. The maximum atomic E-state index is 11.3. The van der Waals surface area contributed by atoms with Crippen LogP contribution in [0.2, 0.25) is 0 Å². The van der Waals surface area contributed by atoms with Crippen molar-refractivity contribution in [1.29, 1.82) is 0 Å². The lowest BCUT2D eigenvalue weighted by molar-refractivity contribution is -0.385. The molecule has 1 unspecified atom stereocenters. The molecule has 0 aliphatic carbocycles. The van der Waals surface area contributed by atoms with E-state index in [0.717, 1.165) is 0 Å². The first-order valence-corrected chi connectivity index (χ1v) is 5.46. The smallest absolute Gasteiger partial charge is 0.287 e. The van der Waals surface area contributed by atoms with E-state index >= 15 is 0 Å². The van der Waals surface area contributed by atoms with Gasteiger partial charge in [0, 0.05) is 25.7 Å². The van der Waals surface area contributed by atoms with Crippen LogP contribution in [0.4, 0.5) is 11.5 Å². The van der Waals surface area contributed by atoms with Crippen molar-refractivity contribution in [3.63, 3.8) is 0 Å². The second kappa shape index (κ2) is 4.96. The Labute approximate surface area is 103 Å². The summed E-state index contributed by atoms with van der Waals surface area (Å²) in [6.07, 6.45) is 1.18. The van der Waals surface area contributed by atoms with Crippen LogP contribution in [0.15, 0.2) is 18.3 Å². The van der Waals surface area contributed by atoms with Gasteiger partial charge in [-0.1, -0.05) is 0 Å². The number of amides is 1. The van der Waals surface area contributed by atoms with E-state index in [1.165, 1.54) is 18.3 Å². The van der Waals surface area contributed by atoms with Gasteiger partial charge in [0.1, 0.15) is 18.1 Å². The summed E-state index contributed by atoms with van der Waals surface area (Å²) in [6.45, 7) is 1.74. The van der Waals surface area contributed by atoms with Gasteiger partial charge in [-0.15, -0.1) is 0 Å². The van der Waals surface area contributed by atoms with Gasteiger partial charge in [0.05, 0.1) is 4.92 Å². The zero-order valence-electron chi connectivity index (χ0n) is 9.57. The van der Waals surface area contributed by atoms with Crippen LogP contribution in [-0.2, 0) is 4.79 Å². The third-order valence-electron chi connectivity index (χ3n) is 2.81. The lowest BCUT2D eigenvalue weighted by atomic mass is 10.2. The molecule has 1 amide bonds. The average molecular weight is 251 g/mol. The summed E-state index contributed by atoms with van der Waals surface area (Å²) in [5.74, 6) is 0.0771. The van der Waals surface area contributed by atoms with Crippen LogP contribution in [0.1, 0.15) is 0 Å². The Hall–Kier alpha value is -2.22. The van der Waals surface area contributed by atoms with Crippen molar-refractivity contribution in [2.75, 3.05) is 24.5 Å². The number of hydrogen-bond acceptors (Lipinski definition) is 6. The van der Waals surface area contributed by atoms with Gasteiger partial charge in [-0.05, 0) is 6.07 Å². The van der Waals surface area contributed by atoms with Crippen LogP contribution in [0.25, 0.3) is 0 Å². The number of nitro groups is 1. The van der Waals surface area contributed by atoms with Crippen LogP contribution < -0.4 is 16.0 Å². The van der Waals surface area contributed by atoms with Crippen LogP contribution in [0, 0.1) is 10.1 Å². The maximum absolute atomic E-state index is 11.3. The number of piperazine rings is 1. The van der Waals surface area contributed by atoms with Gasteiger partial charge in [-0.2, -0.15) is 0 Å². The Morgan fingerprint density at radius 2 is 2.39 bits per heavy atom. The SMILES string of the molecule is NC(=O)C1CNCCN1c1ccc([N+](=O)[O-])cn1. The number of carbonyl (C=O) groups excluding carboxylic acids is 1. The molecule has 1 aromatic heterocycles. The number of nitrogens with zero attached hydrogens (tertiary/aromatic N) is 3. The van der Waals surface area contributed by atoms with Gasteiger partial charge in [0.2, 0.25) is 5.91 Å². The molecular weight excluding hydrogens is 238 g/mol. The minimum absolute atomic E-state index is 0.0792. The lowest BCUT2D eigenvalue weighted by Crippen LogP contribution is -2.57. The summed E-state index contributed by atoms with van der Waals surface area (Å²) < 4.78 is 0. The molecule has 1 atom stereocenters. The predicted octanol–water partition coefficient (Wildman–Crippen LogP) is -0.747. The molecule has 0 bridgehead atoms. The number of nitrogens with one attached hydrogen (secondary N) is 1. The van der Waals surface area contributed by atoms with Crippen LogP contribution in [-0.4, -0.2) is 41.5 Å². The van der Waals surface area contributed by atoms with Gasteiger partial charge in [-0.3, -0.25) is 14.9 Å². The summed E-state index contributed by atoms with van der Waals surface area (Å²) in [5, 5.41) is 13.6. The van der Waals surface area contributed by atoms with E-state index in [-0.39, 0.29) is 5.69 Å². The third kappa shape index (κ3) is 2.38. The predicted molar refractivity (Wildman–Crippen MR) is 64.1 cm³/mol. The Balaban J connectivity index is 2.23. The molecule has 8 heteroatoms. The summed E-state index contributed by atoms with van der Waals surface area (Å²) in [7, 11) is 0. The molecule has 18 heavy (non-hydrogen) atoms. The van der Waals surface area contributed by atoms with E-state index < -0.39 is 16.9 Å². The number of carbonyl (C=O) groups is 1. The molecule has 0 radical (unpaired) electrons. The maximum Gasteiger partial charge on any atom is 0.287 e. The summed E-state index contributed by atoms with van der Waals surface area (Å²) in [5.41, 5.74) is 5.24. The number of rotatable bonds is 3. The van der Waals surface area contributed by atoms with Gasteiger partial charge in [0.15, 0.2) is 0 Å². The number of hydrogen-bond donors (Lipinski definition) is 2. The first-order chi connectivity index (χ1) is 8.59. The second-order valence-electron chi connectivity index (χ2n) is 3.95. The Morgan fingerprint density at radius 1 is 1.61 bits per heavy atom. The van der Waals surface area contributed by atoms with Crippen LogP contribution >= 0.6 is 0 Å². The quantitative estimate of drug-likeness (QED) is 0.539. The number of anilines is 1. The largest absolute Gasteiger partial charge is 0.368 e. The molecule has 1 saturated heterocycles. The van der Waals surface area contributed by atoms with E-state index in [1.807, 2.05) is 0 Å². The van der Waals surface area contributed by atoms with Crippen molar-refractivity contribution in [2.24, 2.45) is 5.73 Å². The number of nitrogens with two attached hydrogens (primary N) is 1. The van der Waals surface area contributed by atoms with E-state index in [4.69, 9.17) is 5.73 Å². The first kappa shape index (κ1) is 12.2. The summed E-state index contributed by atoms with van der Waals surface area (Å²) in [6, 6.07) is 2.41. The van der Waals surface area contributed by atoms with Crippen LogP contribution in [0.3, 0.4) is 0 Å². The highest BCUT2D eigenvalue weighted by Gasteiger charge is 2.27. The average Bonchev–Trinajstić information content (AvgIpc) is 2.39. The van der Waals surface area contributed by atoms with E-state index in [9.17, 15) is 14.9 Å². The van der Waals surface area contributed by atoms with Crippen molar-refractivity contribution in [2.45, 2.75) is 6.04 Å². The molecule has 0 aromatic carbocycles. The van der Waals surface area contributed by atoms with Gasteiger partial charge in [0.25, 0.3) is 5.69 Å². The van der Waals surface area contributed by atoms with Crippen molar-refractivity contribution in [1.82, 2.24) is 10.3 Å². The Bertz CT molecular complexity index is 461. The second-order valence-corrected chi connectivity index (χ2v) is 3.95. The molecule has 1 aromatic rings. The van der Waals surface area contributed by atoms with E-state index in [2.05, 4.69) is 10.3 Å². The monoisotopic (exact) mass is 251 g/mol. The summed E-state index contributed by atoms with van der Waals surface area (Å²) in [4.78, 5) is 27.1. The fourth-order valence-corrected chi connectivity index (χ4v) is 1.89. The molecule has 2 rings (SSSR count). The molecule has 1 fully saturated rings.